The van der Waals surface area contributed by atoms with Crippen LogP contribution in [0.15, 0.2) is 0 Å². The molecular weight excluding hydrogens is 186 g/mol. The first-order chi connectivity index (χ1) is 6.03. The molecule has 13 heavy (non-hydrogen) atoms. The van der Waals surface area contributed by atoms with Gasteiger partial charge in [0.1, 0.15) is 0 Å². The minimum absolute atomic E-state index is 0.00690. The molecule has 0 aliphatic carbocycles. The predicted octanol–water partition coefficient (Wildman–Crippen LogP) is 1.07. The molecule has 0 saturated carbocycles. The van der Waals surface area contributed by atoms with Gasteiger partial charge in [-0.05, 0) is 13.8 Å². The summed E-state index contributed by atoms with van der Waals surface area (Å²) in [5.41, 5.74) is 0. The molecule has 1 rings (SSSR count). The number of rotatable bonds is 2. The van der Waals surface area contributed by atoms with Crippen molar-refractivity contribution < 1.29 is 9.90 Å². The number of hydrogen-bond donors (Lipinski definition) is 1. The summed E-state index contributed by atoms with van der Waals surface area (Å²) in [6, 6.07) is 0.00690. The average molecular weight is 203 g/mol. The first-order valence-electron chi connectivity index (χ1n) is 4.60. The summed E-state index contributed by atoms with van der Waals surface area (Å²) < 4.78 is 0. The number of carbonyl (C=O) groups is 1. The number of nitrogens with zero attached hydrogens (tertiary/aromatic N) is 1. The van der Waals surface area contributed by atoms with Gasteiger partial charge in [-0.15, -0.1) is 11.8 Å². The molecular formula is C9H17NO2S. The lowest BCUT2D eigenvalue weighted by Gasteiger charge is -2.33. The second kappa shape index (κ2) is 3.88. The van der Waals surface area contributed by atoms with E-state index in [0.29, 0.717) is 6.42 Å². The number of amides is 1. The van der Waals surface area contributed by atoms with Gasteiger partial charge in [0.05, 0.1) is 17.5 Å². The Morgan fingerprint density at radius 1 is 1.69 bits per heavy atom. The van der Waals surface area contributed by atoms with Gasteiger partial charge < -0.3 is 10.0 Å². The highest BCUT2D eigenvalue weighted by Gasteiger charge is 2.41. The van der Waals surface area contributed by atoms with Crippen molar-refractivity contribution in [2.45, 2.75) is 38.1 Å². The Labute approximate surface area is 83.5 Å². The van der Waals surface area contributed by atoms with Crippen molar-refractivity contribution in [3.8, 4) is 0 Å². The number of thioether (sulfide) groups is 1. The smallest absolute Gasteiger partial charge is 0.223 e. The van der Waals surface area contributed by atoms with Gasteiger partial charge in [-0.2, -0.15) is 0 Å². The zero-order valence-electron chi connectivity index (χ0n) is 8.41. The lowest BCUT2D eigenvalue weighted by Crippen LogP contribution is -2.47. The van der Waals surface area contributed by atoms with Gasteiger partial charge in [-0.3, -0.25) is 4.79 Å². The molecule has 0 bridgehead atoms. The summed E-state index contributed by atoms with van der Waals surface area (Å²) in [6.07, 6.45) is 0.514. The molecule has 1 fully saturated rings. The minimum atomic E-state index is -0.152. The number of aliphatic hydroxyl groups is 1. The third-order valence-corrected chi connectivity index (χ3v) is 3.81. The molecule has 1 atom stereocenters. The van der Waals surface area contributed by atoms with Gasteiger partial charge in [-0.1, -0.05) is 6.92 Å². The summed E-state index contributed by atoms with van der Waals surface area (Å²) in [5.74, 6) is 0.976. The summed E-state index contributed by atoms with van der Waals surface area (Å²) in [4.78, 5) is 13.3. The Kier molecular flexibility index (Phi) is 3.24. The minimum Gasteiger partial charge on any atom is -0.394 e. The van der Waals surface area contributed by atoms with E-state index >= 15 is 0 Å². The molecule has 1 saturated heterocycles. The van der Waals surface area contributed by atoms with E-state index in [1.807, 2.05) is 25.7 Å². The molecule has 0 aromatic carbocycles. The molecule has 0 radical (unpaired) electrons. The van der Waals surface area contributed by atoms with E-state index in [0.717, 1.165) is 5.75 Å². The van der Waals surface area contributed by atoms with Crippen LogP contribution in [-0.2, 0) is 4.79 Å². The van der Waals surface area contributed by atoms with Gasteiger partial charge >= 0.3 is 0 Å². The molecule has 1 N–H and O–H groups in total. The topological polar surface area (TPSA) is 40.5 Å². The summed E-state index contributed by atoms with van der Waals surface area (Å²) in [5, 5.41) is 9.11. The number of hydrogen-bond acceptors (Lipinski definition) is 3. The second-order valence-electron chi connectivity index (χ2n) is 3.71. The van der Waals surface area contributed by atoms with Crippen molar-refractivity contribution >= 4 is 17.7 Å². The lowest BCUT2D eigenvalue weighted by atomic mass is 10.2. The number of aliphatic hydroxyl groups excluding tert-OH is 1. The third-order valence-electron chi connectivity index (χ3n) is 2.36. The van der Waals surface area contributed by atoms with Crippen molar-refractivity contribution in [3.05, 3.63) is 0 Å². The van der Waals surface area contributed by atoms with Crippen molar-refractivity contribution in [2.75, 3.05) is 12.4 Å². The van der Waals surface area contributed by atoms with Gasteiger partial charge in [0.15, 0.2) is 0 Å². The van der Waals surface area contributed by atoms with Crippen molar-refractivity contribution in [3.63, 3.8) is 0 Å². The summed E-state index contributed by atoms with van der Waals surface area (Å²) in [7, 11) is 0. The fraction of sp³-hybridized carbons (Fsp3) is 0.889. The maximum Gasteiger partial charge on any atom is 0.223 e. The monoisotopic (exact) mass is 203 g/mol. The normalized spacial score (nSPS) is 26.5. The molecule has 76 valence electrons. The Balaban J connectivity index is 2.80. The molecule has 0 aromatic heterocycles. The van der Waals surface area contributed by atoms with E-state index in [-0.39, 0.29) is 23.4 Å². The van der Waals surface area contributed by atoms with E-state index in [1.165, 1.54) is 0 Å². The van der Waals surface area contributed by atoms with Gasteiger partial charge in [0.25, 0.3) is 0 Å². The van der Waals surface area contributed by atoms with Crippen LogP contribution in [0.5, 0.6) is 0 Å². The largest absolute Gasteiger partial charge is 0.394 e. The Hall–Kier alpha value is -0.220. The Bertz CT molecular complexity index is 206. The maximum atomic E-state index is 11.6. The van der Waals surface area contributed by atoms with E-state index < -0.39 is 0 Å². The van der Waals surface area contributed by atoms with Crippen LogP contribution in [0, 0.1) is 0 Å². The Morgan fingerprint density at radius 3 is 2.77 bits per heavy atom. The van der Waals surface area contributed by atoms with Crippen LogP contribution in [0.1, 0.15) is 27.2 Å². The van der Waals surface area contributed by atoms with Gasteiger partial charge in [0, 0.05) is 12.2 Å². The molecule has 1 unspecified atom stereocenters. The molecule has 0 aromatic rings. The predicted molar refractivity (Wildman–Crippen MR) is 54.5 cm³/mol. The van der Waals surface area contributed by atoms with E-state index in [2.05, 4.69) is 0 Å². The SMILES string of the molecule is CCC(=O)N1C(CO)CSC1(C)C. The highest BCUT2D eigenvalue weighted by molar-refractivity contribution is 8.00. The lowest BCUT2D eigenvalue weighted by molar-refractivity contribution is -0.135. The zero-order valence-corrected chi connectivity index (χ0v) is 9.23. The number of carbonyl (C=O) groups excluding carboxylic acids is 1. The van der Waals surface area contributed by atoms with Crippen molar-refractivity contribution in [1.29, 1.82) is 0 Å². The van der Waals surface area contributed by atoms with Crippen LogP contribution >= 0.6 is 11.8 Å². The molecule has 1 heterocycles. The van der Waals surface area contributed by atoms with Gasteiger partial charge in [-0.25, -0.2) is 0 Å². The fourth-order valence-corrected chi connectivity index (χ4v) is 2.94. The molecule has 4 heteroatoms. The van der Waals surface area contributed by atoms with E-state index in [4.69, 9.17) is 5.11 Å². The Morgan fingerprint density at radius 2 is 2.31 bits per heavy atom. The van der Waals surface area contributed by atoms with E-state index in [1.54, 1.807) is 11.8 Å². The molecule has 1 aliphatic rings. The summed E-state index contributed by atoms with van der Waals surface area (Å²) in [6.45, 7) is 5.99. The highest BCUT2D eigenvalue weighted by atomic mass is 32.2. The average Bonchev–Trinajstić information content (AvgIpc) is 2.39. The van der Waals surface area contributed by atoms with Crippen LogP contribution in [0.25, 0.3) is 0 Å². The summed E-state index contributed by atoms with van der Waals surface area (Å²) >= 11 is 1.73. The van der Waals surface area contributed by atoms with Crippen LogP contribution in [0.4, 0.5) is 0 Å². The van der Waals surface area contributed by atoms with Crippen molar-refractivity contribution in [1.82, 2.24) is 4.90 Å². The highest BCUT2D eigenvalue weighted by Crippen LogP contribution is 2.38. The van der Waals surface area contributed by atoms with Gasteiger partial charge in [0.2, 0.25) is 5.91 Å². The quantitative estimate of drug-likeness (QED) is 0.730. The first-order valence-corrected chi connectivity index (χ1v) is 5.58. The maximum absolute atomic E-state index is 11.6. The van der Waals surface area contributed by atoms with Crippen LogP contribution in [-0.4, -0.2) is 39.2 Å². The molecule has 1 amide bonds. The standard InChI is InChI=1S/C9H17NO2S/c1-4-8(12)10-7(5-11)6-13-9(10,2)3/h7,11H,4-6H2,1-3H3. The first kappa shape index (κ1) is 10.9. The van der Waals surface area contributed by atoms with Crippen LogP contribution < -0.4 is 0 Å². The zero-order chi connectivity index (χ0) is 10.1. The van der Waals surface area contributed by atoms with Crippen LogP contribution in [0.2, 0.25) is 0 Å². The van der Waals surface area contributed by atoms with E-state index in [9.17, 15) is 4.79 Å². The molecule has 1 aliphatic heterocycles. The second-order valence-corrected chi connectivity index (χ2v) is 5.33. The molecule has 0 spiro atoms. The third kappa shape index (κ3) is 1.99. The fourth-order valence-electron chi connectivity index (χ4n) is 1.69. The van der Waals surface area contributed by atoms with Crippen molar-refractivity contribution in [2.24, 2.45) is 0 Å². The molecule has 3 nitrogen and oxygen atoms in total. The van der Waals surface area contributed by atoms with Crippen LogP contribution in [0.3, 0.4) is 0 Å².